The molecular formula is C13H25NO2. The fourth-order valence-electron chi connectivity index (χ4n) is 2.72. The topological polar surface area (TPSA) is 30.5 Å². The third kappa shape index (κ3) is 3.19. The molecule has 2 saturated heterocycles. The van der Waals surface area contributed by atoms with E-state index in [4.69, 9.17) is 9.47 Å². The number of rotatable bonds is 3. The first kappa shape index (κ1) is 12.3. The second kappa shape index (κ2) is 5.48. The molecule has 2 heterocycles. The van der Waals surface area contributed by atoms with E-state index in [-0.39, 0.29) is 5.60 Å². The second-order valence-corrected chi connectivity index (χ2v) is 5.39. The molecule has 0 saturated carbocycles. The zero-order valence-electron chi connectivity index (χ0n) is 10.6. The van der Waals surface area contributed by atoms with Crippen molar-refractivity contribution in [1.82, 2.24) is 5.32 Å². The van der Waals surface area contributed by atoms with E-state index in [0.29, 0.717) is 12.1 Å². The molecular weight excluding hydrogens is 202 g/mol. The minimum atomic E-state index is 0.0983. The molecule has 0 bridgehead atoms. The Kier molecular flexibility index (Phi) is 4.22. The van der Waals surface area contributed by atoms with E-state index in [2.05, 4.69) is 19.2 Å². The maximum atomic E-state index is 5.87. The van der Waals surface area contributed by atoms with Crippen molar-refractivity contribution >= 4 is 0 Å². The van der Waals surface area contributed by atoms with Gasteiger partial charge in [0.05, 0.1) is 5.60 Å². The number of hydrogen-bond acceptors (Lipinski definition) is 3. The Morgan fingerprint density at radius 3 is 2.50 bits per heavy atom. The summed E-state index contributed by atoms with van der Waals surface area (Å²) in [6, 6.07) is 1.31. The highest BCUT2D eigenvalue weighted by atomic mass is 16.5. The van der Waals surface area contributed by atoms with Crippen LogP contribution in [0.5, 0.6) is 0 Å². The van der Waals surface area contributed by atoms with E-state index < -0.39 is 0 Å². The minimum absolute atomic E-state index is 0.0983. The highest BCUT2D eigenvalue weighted by Crippen LogP contribution is 2.28. The molecule has 3 heteroatoms. The summed E-state index contributed by atoms with van der Waals surface area (Å²) in [7, 11) is 0. The Bertz CT molecular complexity index is 216. The summed E-state index contributed by atoms with van der Waals surface area (Å²) in [6.07, 6.45) is 5.76. The molecule has 0 aliphatic carbocycles. The first-order valence-corrected chi connectivity index (χ1v) is 6.69. The molecule has 0 aromatic heterocycles. The molecule has 3 nitrogen and oxygen atoms in total. The molecule has 0 spiro atoms. The minimum Gasteiger partial charge on any atom is -0.381 e. The van der Waals surface area contributed by atoms with Crippen LogP contribution in [-0.4, -0.2) is 37.5 Å². The van der Waals surface area contributed by atoms with Gasteiger partial charge in [-0.15, -0.1) is 0 Å². The summed E-state index contributed by atoms with van der Waals surface area (Å²) in [5.41, 5.74) is 0.0983. The van der Waals surface area contributed by atoms with Crippen LogP contribution >= 0.6 is 0 Å². The van der Waals surface area contributed by atoms with Crippen LogP contribution in [0.2, 0.25) is 0 Å². The summed E-state index contributed by atoms with van der Waals surface area (Å²) in [5, 5.41) is 3.79. The van der Waals surface area contributed by atoms with Crippen molar-refractivity contribution in [2.24, 2.45) is 0 Å². The van der Waals surface area contributed by atoms with Crippen molar-refractivity contribution in [2.45, 2.75) is 63.6 Å². The number of ether oxygens (including phenoxy) is 2. The van der Waals surface area contributed by atoms with Crippen LogP contribution in [0, 0.1) is 0 Å². The van der Waals surface area contributed by atoms with Crippen LogP contribution in [-0.2, 0) is 9.47 Å². The molecule has 0 amide bonds. The molecule has 0 aromatic carbocycles. The van der Waals surface area contributed by atoms with E-state index in [9.17, 15) is 0 Å². The number of nitrogens with one attached hydrogen (secondary N) is 1. The van der Waals surface area contributed by atoms with E-state index in [0.717, 1.165) is 39.1 Å². The van der Waals surface area contributed by atoms with E-state index in [1.165, 1.54) is 12.8 Å². The van der Waals surface area contributed by atoms with Gasteiger partial charge in [-0.25, -0.2) is 0 Å². The van der Waals surface area contributed by atoms with Gasteiger partial charge in [0, 0.05) is 31.9 Å². The van der Waals surface area contributed by atoms with Crippen molar-refractivity contribution in [2.75, 3.05) is 19.8 Å². The van der Waals surface area contributed by atoms with Gasteiger partial charge in [-0.2, -0.15) is 0 Å². The Balaban J connectivity index is 1.80. The third-order valence-corrected chi connectivity index (χ3v) is 4.04. The molecule has 2 unspecified atom stereocenters. The predicted octanol–water partition coefficient (Wildman–Crippen LogP) is 2.10. The average molecular weight is 227 g/mol. The maximum Gasteiger partial charge on any atom is 0.0666 e. The lowest BCUT2D eigenvalue weighted by molar-refractivity contribution is -0.0804. The molecule has 0 radical (unpaired) electrons. The summed E-state index contributed by atoms with van der Waals surface area (Å²) >= 11 is 0. The zero-order chi connectivity index (χ0) is 11.4. The van der Waals surface area contributed by atoms with Gasteiger partial charge < -0.3 is 14.8 Å². The maximum absolute atomic E-state index is 5.87. The third-order valence-electron chi connectivity index (χ3n) is 4.04. The standard InChI is InChI=1S/C13H25NO2/c1-3-13(2)10-12(6-9-16-13)14-11-4-7-15-8-5-11/h11-12,14H,3-10H2,1-2H3. The van der Waals surface area contributed by atoms with E-state index >= 15 is 0 Å². The summed E-state index contributed by atoms with van der Waals surface area (Å²) in [5.74, 6) is 0. The van der Waals surface area contributed by atoms with E-state index in [1.54, 1.807) is 0 Å². The molecule has 16 heavy (non-hydrogen) atoms. The lowest BCUT2D eigenvalue weighted by Crippen LogP contribution is -2.49. The van der Waals surface area contributed by atoms with Crippen molar-refractivity contribution in [3.63, 3.8) is 0 Å². The molecule has 2 rings (SSSR count). The van der Waals surface area contributed by atoms with Crippen molar-refractivity contribution in [3.05, 3.63) is 0 Å². The lowest BCUT2D eigenvalue weighted by atomic mass is 9.89. The Hall–Kier alpha value is -0.120. The predicted molar refractivity (Wildman–Crippen MR) is 64.6 cm³/mol. The Morgan fingerprint density at radius 1 is 1.12 bits per heavy atom. The van der Waals surface area contributed by atoms with Gasteiger partial charge in [0.15, 0.2) is 0 Å². The van der Waals surface area contributed by atoms with Crippen molar-refractivity contribution < 1.29 is 9.47 Å². The summed E-state index contributed by atoms with van der Waals surface area (Å²) < 4.78 is 11.3. The summed E-state index contributed by atoms with van der Waals surface area (Å²) in [6.45, 7) is 7.21. The largest absolute Gasteiger partial charge is 0.381 e. The van der Waals surface area contributed by atoms with Gasteiger partial charge in [0.2, 0.25) is 0 Å². The fourth-order valence-corrected chi connectivity index (χ4v) is 2.72. The zero-order valence-corrected chi connectivity index (χ0v) is 10.6. The van der Waals surface area contributed by atoms with Crippen LogP contribution < -0.4 is 5.32 Å². The van der Waals surface area contributed by atoms with Crippen LogP contribution in [0.15, 0.2) is 0 Å². The van der Waals surface area contributed by atoms with Gasteiger partial charge >= 0.3 is 0 Å². The monoisotopic (exact) mass is 227 g/mol. The van der Waals surface area contributed by atoms with Crippen molar-refractivity contribution in [1.29, 1.82) is 0 Å². The van der Waals surface area contributed by atoms with E-state index in [1.807, 2.05) is 0 Å². The second-order valence-electron chi connectivity index (χ2n) is 5.39. The van der Waals surface area contributed by atoms with Crippen LogP contribution in [0.3, 0.4) is 0 Å². The van der Waals surface area contributed by atoms with Gasteiger partial charge in [-0.3, -0.25) is 0 Å². The molecule has 2 aliphatic heterocycles. The first-order chi connectivity index (χ1) is 7.72. The average Bonchev–Trinajstić information content (AvgIpc) is 2.30. The molecule has 2 fully saturated rings. The highest BCUT2D eigenvalue weighted by Gasteiger charge is 2.32. The molecule has 2 aliphatic rings. The van der Waals surface area contributed by atoms with Gasteiger partial charge in [0.1, 0.15) is 0 Å². The lowest BCUT2D eigenvalue weighted by Gasteiger charge is -2.40. The molecule has 1 N–H and O–H groups in total. The molecule has 94 valence electrons. The quantitative estimate of drug-likeness (QED) is 0.801. The Labute approximate surface area is 98.9 Å². The van der Waals surface area contributed by atoms with Gasteiger partial charge in [-0.05, 0) is 39.0 Å². The first-order valence-electron chi connectivity index (χ1n) is 6.69. The van der Waals surface area contributed by atoms with Crippen molar-refractivity contribution in [3.8, 4) is 0 Å². The smallest absolute Gasteiger partial charge is 0.0666 e. The Morgan fingerprint density at radius 2 is 1.81 bits per heavy atom. The number of hydrogen-bond donors (Lipinski definition) is 1. The summed E-state index contributed by atoms with van der Waals surface area (Å²) in [4.78, 5) is 0. The molecule has 2 atom stereocenters. The fraction of sp³-hybridized carbons (Fsp3) is 1.00. The molecule has 0 aromatic rings. The van der Waals surface area contributed by atoms with Crippen LogP contribution in [0.25, 0.3) is 0 Å². The highest BCUT2D eigenvalue weighted by molar-refractivity contribution is 4.87. The van der Waals surface area contributed by atoms with Gasteiger partial charge in [-0.1, -0.05) is 6.92 Å². The van der Waals surface area contributed by atoms with Gasteiger partial charge in [0.25, 0.3) is 0 Å². The van der Waals surface area contributed by atoms with Crippen LogP contribution in [0.4, 0.5) is 0 Å². The normalized spacial score (nSPS) is 37.5. The van der Waals surface area contributed by atoms with Crippen LogP contribution in [0.1, 0.15) is 46.0 Å². The SMILES string of the molecule is CCC1(C)CC(NC2CCOCC2)CCO1.